The SMILES string of the molecule is Cc1ccccc1-c1nc(SCc2ccc(F)cc2)n[nH]1. The molecule has 3 nitrogen and oxygen atoms in total. The highest BCUT2D eigenvalue weighted by molar-refractivity contribution is 7.98. The molecule has 0 aliphatic rings. The number of hydrogen-bond acceptors (Lipinski definition) is 3. The molecule has 5 heteroatoms. The van der Waals surface area contributed by atoms with Crippen LogP contribution >= 0.6 is 11.8 Å². The lowest BCUT2D eigenvalue weighted by Gasteiger charge is -2.00. The summed E-state index contributed by atoms with van der Waals surface area (Å²) < 4.78 is 12.8. The van der Waals surface area contributed by atoms with Crippen molar-refractivity contribution in [3.63, 3.8) is 0 Å². The number of thioether (sulfide) groups is 1. The van der Waals surface area contributed by atoms with Gasteiger partial charge in [0.05, 0.1) is 0 Å². The minimum Gasteiger partial charge on any atom is -0.258 e. The summed E-state index contributed by atoms with van der Waals surface area (Å²) in [4.78, 5) is 4.50. The summed E-state index contributed by atoms with van der Waals surface area (Å²) in [5, 5.41) is 7.88. The largest absolute Gasteiger partial charge is 0.258 e. The molecule has 0 spiro atoms. The maximum atomic E-state index is 12.8. The number of hydrogen-bond donors (Lipinski definition) is 1. The Hall–Kier alpha value is -2.14. The van der Waals surface area contributed by atoms with Crippen LogP contribution in [0, 0.1) is 12.7 Å². The molecule has 0 fully saturated rings. The Balaban J connectivity index is 1.71. The number of aromatic nitrogens is 3. The Bertz CT molecular complexity index is 737. The summed E-state index contributed by atoms with van der Waals surface area (Å²) in [6.07, 6.45) is 0. The summed E-state index contributed by atoms with van der Waals surface area (Å²) in [7, 11) is 0. The number of aromatic amines is 1. The third kappa shape index (κ3) is 3.31. The number of nitrogens with one attached hydrogen (secondary N) is 1. The molecule has 0 saturated heterocycles. The first-order chi connectivity index (χ1) is 10.2. The lowest BCUT2D eigenvalue weighted by atomic mass is 10.1. The maximum absolute atomic E-state index is 12.8. The van der Waals surface area contributed by atoms with Crippen LogP contribution in [0.15, 0.2) is 53.7 Å². The van der Waals surface area contributed by atoms with E-state index in [1.165, 1.54) is 23.9 Å². The van der Waals surface area contributed by atoms with Crippen molar-refractivity contribution in [1.29, 1.82) is 0 Å². The van der Waals surface area contributed by atoms with E-state index in [4.69, 9.17) is 0 Å². The Labute approximate surface area is 126 Å². The molecule has 0 unspecified atom stereocenters. The average molecular weight is 299 g/mol. The molecule has 0 aliphatic carbocycles. The standard InChI is InChI=1S/C16H14FN3S/c1-11-4-2-3-5-14(11)15-18-16(20-19-15)21-10-12-6-8-13(17)9-7-12/h2-9H,10H2,1H3,(H,18,19,20). The van der Waals surface area contributed by atoms with Gasteiger partial charge in [0.1, 0.15) is 5.82 Å². The minimum atomic E-state index is -0.219. The van der Waals surface area contributed by atoms with Gasteiger partial charge >= 0.3 is 0 Å². The van der Waals surface area contributed by atoms with E-state index in [1.54, 1.807) is 12.1 Å². The van der Waals surface area contributed by atoms with E-state index in [0.29, 0.717) is 10.9 Å². The van der Waals surface area contributed by atoms with Crippen molar-refractivity contribution in [2.45, 2.75) is 17.8 Å². The Morgan fingerprint density at radius 2 is 1.86 bits per heavy atom. The lowest BCUT2D eigenvalue weighted by Crippen LogP contribution is -1.85. The van der Waals surface area contributed by atoms with Crippen LogP contribution < -0.4 is 0 Å². The third-order valence-corrected chi connectivity index (χ3v) is 4.06. The molecule has 0 amide bonds. The van der Waals surface area contributed by atoms with Crippen molar-refractivity contribution >= 4 is 11.8 Å². The van der Waals surface area contributed by atoms with E-state index in [2.05, 4.69) is 15.2 Å². The molecule has 3 aromatic rings. The van der Waals surface area contributed by atoms with Crippen molar-refractivity contribution in [3.8, 4) is 11.4 Å². The Morgan fingerprint density at radius 1 is 1.10 bits per heavy atom. The fourth-order valence-electron chi connectivity index (χ4n) is 2.00. The summed E-state index contributed by atoms with van der Waals surface area (Å²) in [5.41, 5.74) is 3.26. The van der Waals surface area contributed by atoms with Crippen LogP contribution in [0.1, 0.15) is 11.1 Å². The van der Waals surface area contributed by atoms with Crippen molar-refractivity contribution < 1.29 is 4.39 Å². The number of halogens is 1. The number of H-pyrrole nitrogens is 1. The van der Waals surface area contributed by atoms with Crippen LogP contribution in [0.4, 0.5) is 4.39 Å². The minimum absolute atomic E-state index is 0.219. The first-order valence-electron chi connectivity index (χ1n) is 6.58. The normalized spacial score (nSPS) is 10.8. The van der Waals surface area contributed by atoms with Gasteiger partial charge in [-0.2, -0.15) is 0 Å². The number of benzene rings is 2. The van der Waals surface area contributed by atoms with Gasteiger partial charge in [0, 0.05) is 11.3 Å². The summed E-state index contributed by atoms with van der Waals surface area (Å²) in [6, 6.07) is 14.5. The van der Waals surface area contributed by atoms with E-state index in [0.717, 1.165) is 22.5 Å². The monoisotopic (exact) mass is 299 g/mol. The van der Waals surface area contributed by atoms with E-state index in [9.17, 15) is 4.39 Å². The molecule has 0 atom stereocenters. The second kappa shape index (κ2) is 6.10. The lowest BCUT2D eigenvalue weighted by molar-refractivity contribution is 0.627. The van der Waals surface area contributed by atoms with Crippen LogP contribution in [0.3, 0.4) is 0 Å². The van der Waals surface area contributed by atoms with Gasteiger partial charge in [-0.05, 0) is 30.2 Å². The van der Waals surface area contributed by atoms with Crippen LogP contribution in [0.25, 0.3) is 11.4 Å². The highest BCUT2D eigenvalue weighted by Gasteiger charge is 2.08. The van der Waals surface area contributed by atoms with Crippen molar-refractivity contribution in [3.05, 3.63) is 65.5 Å². The van der Waals surface area contributed by atoms with Gasteiger partial charge in [-0.3, -0.25) is 5.10 Å². The molecule has 106 valence electrons. The van der Waals surface area contributed by atoms with Crippen LogP contribution in [0.2, 0.25) is 0 Å². The first-order valence-corrected chi connectivity index (χ1v) is 7.56. The molecular weight excluding hydrogens is 285 g/mol. The maximum Gasteiger partial charge on any atom is 0.209 e. The fourth-order valence-corrected chi connectivity index (χ4v) is 2.75. The van der Waals surface area contributed by atoms with Gasteiger partial charge in [0.25, 0.3) is 0 Å². The van der Waals surface area contributed by atoms with Crippen LogP contribution in [0.5, 0.6) is 0 Å². The van der Waals surface area contributed by atoms with E-state index >= 15 is 0 Å². The highest BCUT2D eigenvalue weighted by atomic mass is 32.2. The molecule has 3 rings (SSSR count). The van der Waals surface area contributed by atoms with Gasteiger partial charge < -0.3 is 0 Å². The summed E-state index contributed by atoms with van der Waals surface area (Å²) in [6.45, 7) is 2.04. The Morgan fingerprint density at radius 3 is 2.62 bits per heavy atom. The van der Waals surface area contributed by atoms with Crippen molar-refractivity contribution in [2.24, 2.45) is 0 Å². The van der Waals surface area contributed by atoms with Crippen molar-refractivity contribution in [1.82, 2.24) is 15.2 Å². The van der Waals surface area contributed by atoms with E-state index < -0.39 is 0 Å². The molecule has 21 heavy (non-hydrogen) atoms. The van der Waals surface area contributed by atoms with E-state index in [1.807, 2.05) is 31.2 Å². The van der Waals surface area contributed by atoms with Gasteiger partial charge in [-0.1, -0.05) is 48.2 Å². The topological polar surface area (TPSA) is 41.6 Å². The molecule has 0 bridgehead atoms. The highest BCUT2D eigenvalue weighted by Crippen LogP contribution is 2.24. The zero-order chi connectivity index (χ0) is 14.7. The molecule has 0 aliphatic heterocycles. The first kappa shape index (κ1) is 13.8. The number of rotatable bonds is 4. The van der Waals surface area contributed by atoms with Crippen LogP contribution in [-0.4, -0.2) is 15.2 Å². The quantitative estimate of drug-likeness (QED) is 0.734. The predicted octanol–water partition coefficient (Wildman–Crippen LogP) is 4.21. The summed E-state index contributed by atoms with van der Waals surface area (Å²) >= 11 is 1.52. The van der Waals surface area contributed by atoms with Gasteiger partial charge in [0.2, 0.25) is 5.16 Å². The molecule has 0 radical (unpaired) electrons. The molecule has 1 aromatic heterocycles. The van der Waals surface area contributed by atoms with Crippen LogP contribution in [-0.2, 0) is 5.75 Å². The molecule has 2 aromatic carbocycles. The average Bonchev–Trinajstić information content (AvgIpc) is 2.96. The second-order valence-corrected chi connectivity index (χ2v) is 5.64. The molecule has 1 heterocycles. The third-order valence-electron chi connectivity index (χ3n) is 3.15. The Kier molecular flexibility index (Phi) is 4.01. The van der Waals surface area contributed by atoms with Gasteiger partial charge in [-0.15, -0.1) is 5.10 Å². The zero-order valence-corrected chi connectivity index (χ0v) is 12.3. The smallest absolute Gasteiger partial charge is 0.209 e. The van der Waals surface area contributed by atoms with Crippen molar-refractivity contribution in [2.75, 3.05) is 0 Å². The summed E-state index contributed by atoms with van der Waals surface area (Å²) in [5.74, 6) is 1.27. The van der Waals surface area contributed by atoms with E-state index in [-0.39, 0.29) is 5.82 Å². The molecule has 1 N–H and O–H groups in total. The fraction of sp³-hybridized carbons (Fsp3) is 0.125. The molecule has 0 saturated carbocycles. The zero-order valence-electron chi connectivity index (χ0n) is 11.5. The predicted molar refractivity (Wildman–Crippen MR) is 82.5 cm³/mol. The number of aryl methyl sites for hydroxylation is 1. The van der Waals surface area contributed by atoms with Gasteiger partial charge in [0.15, 0.2) is 5.82 Å². The second-order valence-electron chi connectivity index (χ2n) is 4.70. The number of nitrogens with zero attached hydrogens (tertiary/aromatic N) is 2. The molecular formula is C16H14FN3S. The van der Waals surface area contributed by atoms with Gasteiger partial charge in [-0.25, -0.2) is 9.37 Å².